The molecule has 3 fully saturated rings. The first-order valence-corrected chi connectivity index (χ1v) is 18.1. The lowest BCUT2D eigenvalue weighted by atomic mass is 9.79. The number of amides is 1. The number of nitrogens with zero attached hydrogens (tertiary/aromatic N) is 3. The van der Waals surface area contributed by atoms with Crippen LogP contribution in [0.2, 0.25) is 0 Å². The molecule has 3 heterocycles. The Hall–Kier alpha value is -3.12. The molecule has 270 valence electrons. The number of likely N-dealkylation sites (tertiary alicyclic amines) is 2. The Balaban J connectivity index is 1.35. The van der Waals surface area contributed by atoms with Crippen LogP contribution in [0.5, 0.6) is 0 Å². The van der Waals surface area contributed by atoms with Gasteiger partial charge in [0.1, 0.15) is 11.4 Å². The number of hydrogen-bond donors (Lipinski definition) is 2. The molecule has 1 amide bonds. The van der Waals surface area contributed by atoms with Crippen molar-refractivity contribution < 1.29 is 38.5 Å². The Kier molecular flexibility index (Phi) is 12.7. The molecular weight excluding hydrogens is 629 g/mol. The number of ketones is 2. The van der Waals surface area contributed by atoms with Crippen molar-refractivity contribution in [1.82, 2.24) is 9.80 Å². The van der Waals surface area contributed by atoms with E-state index in [-0.39, 0.29) is 19.3 Å². The van der Waals surface area contributed by atoms with Gasteiger partial charge in [-0.15, -0.1) is 0 Å². The third-order valence-electron chi connectivity index (χ3n) is 10.7. The molecule has 3 saturated heterocycles. The zero-order valence-corrected chi connectivity index (χ0v) is 29.3. The molecule has 49 heavy (non-hydrogen) atoms. The van der Waals surface area contributed by atoms with Crippen LogP contribution >= 0.6 is 0 Å². The number of halogens is 1. The molecule has 0 bridgehead atoms. The number of morpholine rings is 1. The second-order valence-corrected chi connectivity index (χ2v) is 14.6. The highest BCUT2D eigenvalue weighted by molar-refractivity contribution is 6.38. The van der Waals surface area contributed by atoms with Crippen molar-refractivity contribution in [3.05, 3.63) is 47.3 Å². The van der Waals surface area contributed by atoms with Crippen LogP contribution < -0.4 is 4.90 Å². The summed E-state index contributed by atoms with van der Waals surface area (Å²) in [5, 5.41) is 22.3. The molecule has 4 aliphatic rings. The minimum atomic E-state index is -1.54. The summed E-state index contributed by atoms with van der Waals surface area (Å²) < 4.78 is 26.2. The number of aliphatic hydroxyl groups excluding tert-OH is 1. The molecule has 2 N–H and O–H groups in total. The normalized spacial score (nSPS) is 31.2. The van der Waals surface area contributed by atoms with Crippen molar-refractivity contribution in [3.63, 3.8) is 0 Å². The summed E-state index contributed by atoms with van der Waals surface area (Å²) in [5.74, 6) is -3.22. The summed E-state index contributed by atoms with van der Waals surface area (Å²) in [5.41, 5.74) is 0.281. The fourth-order valence-electron chi connectivity index (χ4n) is 7.73. The van der Waals surface area contributed by atoms with Gasteiger partial charge in [-0.2, -0.15) is 0 Å². The predicted octanol–water partition coefficient (Wildman–Crippen LogP) is 4.76. The fourth-order valence-corrected chi connectivity index (χ4v) is 7.73. The molecule has 0 radical (unpaired) electrons. The lowest BCUT2D eigenvalue weighted by Crippen LogP contribution is -2.50. The Labute approximate surface area is 289 Å². The average molecular weight is 684 g/mol. The third-order valence-corrected chi connectivity index (χ3v) is 10.7. The van der Waals surface area contributed by atoms with Gasteiger partial charge in [0.2, 0.25) is 11.6 Å². The number of piperidine rings is 2. The van der Waals surface area contributed by atoms with E-state index < -0.39 is 53.1 Å². The summed E-state index contributed by atoms with van der Waals surface area (Å²) >= 11 is 0. The molecule has 11 heteroatoms. The van der Waals surface area contributed by atoms with Crippen molar-refractivity contribution in [2.24, 2.45) is 11.8 Å². The molecular formula is C38H54FN3O7. The van der Waals surface area contributed by atoms with E-state index in [1.165, 1.54) is 31.4 Å². The van der Waals surface area contributed by atoms with E-state index in [1.54, 1.807) is 43.9 Å². The predicted molar refractivity (Wildman–Crippen MR) is 186 cm³/mol. The highest BCUT2D eigenvalue weighted by Gasteiger charge is 2.38. The highest BCUT2D eigenvalue weighted by Crippen LogP contribution is 2.31. The number of hydrogen-bond acceptors (Lipinski definition) is 9. The molecule has 3 aliphatic heterocycles. The monoisotopic (exact) mass is 683 g/mol. The standard InChI is InChI=1S/C38H54FN3O7/c1-26-7-8-34(49-37(46)42-15-10-30(11-16-42)40-13-5-4-6-14-40)38(3,47)12-9-32(43)25-33(44)36(45)35(26)27(2)21-28-22-29(39)24-31(23-28)41-17-19-48-20-18-41/h7-8,21-24,26,30,32,34-35,43,47H,4-6,9-20,25H2,1-3H3/b8-7+,27-21+/t26-,32+,34+,35-,38+/m0/s1. The number of ether oxygens (including phenoxy) is 2. The van der Waals surface area contributed by atoms with Crippen molar-refractivity contribution in [2.45, 2.75) is 96.0 Å². The Bertz CT molecular complexity index is 1380. The van der Waals surface area contributed by atoms with Crippen molar-refractivity contribution in [1.29, 1.82) is 0 Å². The van der Waals surface area contributed by atoms with Crippen LogP contribution in [-0.2, 0) is 19.1 Å². The van der Waals surface area contributed by atoms with Gasteiger partial charge in [0.05, 0.1) is 25.2 Å². The number of carbonyl (C=O) groups excluding carboxylic acids is 3. The van der Waals surface area contributed by atoms with Gasteiger partial charge >= 0.3 is 6.09 Å². The zero-order valence-electron chi connectivity index (χ0n) is 29.3. The van der Waals surface area contributed by atoms with Crippen LogP contribution in [0.4, 0.5) is 14.9 Å². The van der Waals surface area contributed by atoms with Gasteiger partial charge in [-0.1, -0.05) is 31.1 Å². The molecule has 5 rings (SSSR count). The summed E-state index contributed by atoms with van der Waals surface area (Å²) in [6.07, 6.45) is 7.49. The van der Waals surface area contributed by atoms with E-state index in [4.69, 9.17) is 9.47 Å². The summed E-state index contributed by atoms with van der Waals surface area (Å²) in [6.45, 7) is 10.8. The van der Waals surface area contributed by atoms with Crippen molar-refractivity contribution in [3.8, 4) is 0 Å². The maximum absolute atomic E-state index is 14.8. The first kappa shape index (κ1) is 37.1. The Morgan fingerprint density at radius 1 is 1.00 bits per heavy atom. The summed E-state index contributed by atoms with van der Waals surface area (Å²) in [7, 11) is 0. The number of Topliss-reactive ketones (excluding diaryl/α,β-unsaturated/α-hetero) is 2. The minimum Gasteiger partial charge on any atom is -0.439 e. The van der Waals surface area contributed by atoms with E-state index in [2.05, 4.69) is 4.90 Å². The lowest BCUT2D eigenvalue weighted by Gasteiger charge is -2.40. The van der Waals surface area contributed by atoms with Gasteiger partial charge in [0, 0.05) is 44.3 Å². The number of rotatable bonds is 5. The molecule has 1 aromatic carbocycles. The topological polar surface area (TPSA) is 120 Å². The van der Waals surface area contributed by atoms with Gasteiger partial charge in [-0.25, -0.2) is 9.18 Å². The zero-order chi connectivity index (χ0) is 35.1. The van der Waals surface area contributed by atoms with E-state index >= 15 is 0 Å². The molecule has 1 aliphatic carbocycles. The van der Waals surface area contributed by atoms with E-state index in [9.17, 15) is 29.0 Å². The van der Waals surface area contributed by atoms with Gasteiger partial charge in [-0.05, 0) is 101 Å². The molecule has 0 aromatic heterocycles. The Morgan fingerprint density at radius 3 is 2.39 bits per heavy atom. The second-order valence-electron chi connectivity index (χ2n) is 14.6. The lowest BCUT2D eigenvalue weighted by molar-refractivity contribution is -0.140. The third kappa shape index (κ3) is 9.78. The van der Waals surface area contributed by atoms with Crippen LogP contribution in [0, 0.1) is 17.7 Å². The Morgan fingerprint density at radius 2 is 1.69 bits per heavy atom. The number of allylic oxidation sites excluding steroid dienone is 2. The SMILES string of the molecule is C/C(=C\c1cc(F)cc(N2CCOCC2)c1)[C@H]1C(=O)C(=O)C[C@H](O)CC[C@@](C)(O)[C@H](OC(=O)N2CCC(N3CCCCC3)CC2)/C=C/[C@@H]1C. The summed E-state index contributed by atoms with van der Waals surface area (Å²) in [6, 6.07) is 5.18. The number of anilines is 1. The van der Waals surface area contributed by atoms with Crippen molar-refractivity contribution >= 4 is 29.4 Å². The molecule has 10 nitrogen and oxygen atoms in total. The molecule has 0 saturated carbocycles. The number of carbonyl (C=O) groups is 3. The first-order valence-electron chi connectivity index (χ1n) is 18.1. The van der Waals surface area contributed by atoms with Crippen LogP contribution in [0.3, 0.4) is 0 Å². The van der Waals surface area contributed by atoms with E-state index in [1.807, 2.05) is 11.0 Å². The second kappa shape index (κ2) is 16.7. The van der Waals surface area contributed by atoms with E-state index in [0.29, 0.717) is 62.3 Å². The largest absolute Gasteiger partial charge is 0.439 e. The van der Waals surface area contributed by atoms with E-state index in [0.717, 1.165) is 25.9 Å². The van der Waals surface area contributed by atoms with Gasteiger partial charge in [0.25, 0.3) is 0 Å². The molecule has 5 atom stereocenters. The quantitative estimate of drug-likeness (QED) is 0.335. The molecule has 1 aromatic rings. The fraction of sp³-hybridized carbons (Fsp3) is 0.658. The smallest absolute Gasteiger partial charge is 0.410 e. The van der Waals surface area contributed by atoms with Crippen LogP contribution in [-0.4, -0.2) is 114 Å². The van der Waals surface area contributed by atoms with Gasteiger partial charge in [0.15, 0.2) is 6.10 Å². The molecule has 0 spiro atoms. The molecule has 0 unspecified atom stereocenters. The van der Waals surface area contributed by atoms with Crippen LogP contribution in [0.1, 0.15) is 77.7 Å². The van der Waals surface area contributed by atoms with Gasteiger partial charge < -0.3 is 34.4 Å². The first-order chi connectivity index (χ1) is 23.4. The maximum atomic E-state index is 14.8. The highest BCUT2D eigenvalue weighted by atomic mass is 19.1. The minimum absolute atomic E-state index is 0.0395. The van der Waals surface area contributed by atoms with Crippen LogP contribution in [0.25, 0.3) is 6.08 Å². The number of benzene rings is 1. The average Bonchev–Trinajstić information content (AvgIpc) is 3.09. The summed E-state index contributed by atoms with van der Waals surface area (Å²) in [4.78, 5) is 46.6. The van der Waals surface area contributed by atoms with Gasteiger partial charge in [-0.3, -0.25) is 9.59 Å². The maximum Gasteiger partial charge on any atom is 0.410 e. The van der Waals surface area contributed by atoms with Crippen molar-refractivity contribution in [2.75, 3.05) is 57.4 Å². The van der Waals surface area contributed by atoms with Crippen LogP contribution in [0.15, 0.2) is 35.9 Å². The number of aliphatic hydroxyl groups is 2.